The van der Waals surface area contributed by atoms with Crippen molar-refractivity contribution in [1.82, 2.24) is 4.98 Å². The molecule has 1 aliphatic rings. The summed E-state index contributed by atoms with van der Waals surface area (Å²) in [5.41, 5.74) is 0.653. The smallest absolute Gasteiger partial charge is 0.312 e. The van der Waals surface area contributed by atoms with Crippen molar-refractivity contribution in [3.05, 3.63) is 11.1 Å². The first-order valence-electron chi connectivity index (χ1n) is 7.49. The van der Waals surface area contributed by atoms with Gasteiger partial charge in [0, 0.05) is 11.3 Å². The van der Waals surface area contributed by atoms with Crippen LogP contribution in [0.3, 0.4) is 0 Å². The van der Waals surface area contributed by atoms with Crippen LogP contribution in [0.1, 0.15) is 51.6 Å². The highest BCUT2D eigenvalue weighted by Crippen LogP contribution is 2.21. The average Bonchev–Trinajstić information content (AvgIpc) is 2.86. The van der Waals surface area contributed by atoms with Crippen LogP contribution in [0.25, 0.3) is 0 Å². The second-order valence-electron chi connectivity index (χ2n) is 5.71. The number of ether oxygens (including phenoxy) is 1. The molecule has 116 valence electrons. The number of esters is 1. The van der Waals surface area contributed by atoms with E-state index in [0.717, 1.165) is 25.7 Å². The Bertz CT molecular complexity index is 493. The third-order valence-electron chi connectivity index (χ3n) is 3.48. The van der Waals surface area contributed by atoms with Crippen LogP contribution in [0.5, 0.6) is 0 Å². The normalized spacial score (nSPS) is 16.0. The maximum absolute atomic E-state index is 11.9. The van der Waals surface area contributed by atoms with E-state index in [0.29, 0.717) is 10.8 Å². The van der Waals surface area contributed by atoms with Crippen molar-refractivity contribution in [2.75, 3.05) is 5.32 Å². The summed E-state index contributed by atoms with van der Waals surface area (Å²) in [7, 11) is 0. The number of nitrogens with one attached hydrogen (secondary N) is 1. The van der Waals surface area contributed by atoms with Gasteiger partial charge >= 0.3 is 5.97 Å². The van der Waals surface area contributed by atoms with Gasteiger partial charge in [-0.1, -0.05) is 20.3 Å². The molecule has 0 atom stereocenters. The molecule has 0 saturated heterocycles. The summed E-state index contributed by atoms with van der Waals surface area (Å²) >= 11 is 1.33. The Balaban J connectivity index is 1.81. The second kappa shape index (κ2) is 7.54. The van der Waals surface area contributed by atoms with Gasteiger partial charge in [0.05, 0.1) is 12.1 Å². The Morgan fingerprint density at radius 1 is 1.38 bits per heavy atom. The second-order valence-corrected chi connectivity index (χ2v) is 6.57. The number of carbonyl (C=O) groups excluding carboxylic acids is 2. The van der Waals surface area contributed by atoms with Gasteiger partial charge in [0.25, 0.3) is 0 Å². The van der Waals surface area contributed by atoms with Crippen molar-refractivity contribution in [2.45, 2.75) is 58.5 Å². The summed E-state index contributed by atoms with van der Waals surface area (Å²) in [4.78, 5) is 27.7. The van der Waals surface area contributed by atoms with Crippen LogP contribution in [0.15, 0.2) is 5.38 Å². The lowest BCUT2D eigenvalue weighted by atomic mass is 9.98. The molecule has 6 heteroatoms. The average molecular weight is 310 g/mol. The number of hydrogen-bond acceptors (Lipinski definition) is 5. The van der Waals surface area contributed by atoms with Crippen LogP contribution >= 0.6 is 11.3 Å². The zero-order chi connectivity index (χ0) is 15.2. The molecule has 1 amide bonds. The molecule has 1 N–H and O–H groups in total. The molecule has 0 unspecified atom stereocenters. The van der Waals surface area contributed by atoms with Crippen molar-refractivity contribution < 1.29 is 14.3 Å². The molecule has 1 saturated carbocycles. The van der Waals surface area contributed by atoms with Crippen molar-refractivity contribution in [1.29, 1.82) is 0 Å². The van der Waals surface area contributed by atoms with Gasteiger partial charge in [-0.3, -0.25) is 9.59 Å². The molecule has 0 aliphatic heterocycles. The molecular weight excluding hydrogens is 288 g/mol. The first-order chi connectivity index (χ1) is 10.0. The molecule has 21 heavy (non-hydrogen) atoms. The van der Waals surface area contributed by atoms with E-state index in [1.165, 1.54) is 17.8 Å². The van der Waals surface area contributed by atoms with Gasteiger partial charge in [-0.25, -0.2) is 4.98 Å². The van der Waals surface area contributed by atoms with Gasteiger partial charge in [-0.2, -0.15) is 0 Å². The zero-order valence-electron chi connectivity index (χ0n) is 12.6. The number of thiazole rings is 1. The van der Waals surface area contributed by atoms with Crippen molar-refractivity contribution in [3.63, 3.8) is 0 Å². The number of hydrogen-bond donors (Lipinski definition) is 1. The molecule has 1 fully saturated rings. The van der Waals surface area contributed by atoms with E-state index >= 15 is 0 Å². The fourth-order valence-electron chi connectivity index (χ4n) is 2.25. The van der Waals surface area contributed by atoms with E-state index in [-0.39, 0.29) is 30.3 Å². The molecule has 2 rings (SSSR count). The number of amides is 1. The van der Waals surface area contributed by atoms with E-state index in [9.17, 15) is 9.59 Å². The highest BCUT2D eigenvalue weighted by Gasteiger charge is 2.19. The summed E-state index contributed by atoms with van der Waals surface area (Å²) in [5, 5.41) is 5.06. The van der Waals surface area contributed by atoms with Gasteiger partial charge in [-0.15, -0.1) is 11.3 Å². The van der Waals surface area contributed by atoms with Crippen LogP contribution in [-0.2, 0) is 20.7 Å². The standard InChI is InChI=1S/C15H22N2O3S/c1-10(2)14(19)17-15-16-11(9-21-15)8-13(18)20-12-6-4-3-5-7-12/h9-10,12H,3-8H2,1-2H3,(H,16,17,19). The van der Waals surface area contributed by atoms with E-state index in [4.69, 9.17) is 4.74 Å². The monoisotopic (exact) mass is 310 g/mol. The van der Waals surface area contributed by atoms with Crippen LogP contribution in [0, 0.1) is 5.92 Å². The third kappa shape index (κ3) is 5.12. The molecule has 1 heterocycles. The van der Waals surface area contributed by atoms with Crippen LogP contribution in [0.4, 0.5) is 5.13 Å². The number of carbonyl (C=O) groups is 2. The number of rotatable bonds is 5. The van der Waals surface area contributed by atoms with Crippen molar-refractivity contribution >= 4 is 28.3 Å². The van der Waals surface area contributed by atoms with E-state index in [1.807, 2.05) is 13.8 Å². The minimum Gasteiger partial charge on any atom is -0.462 e. The first kappa shape index (κ1) is 15.9. The summed E-state index contributed by atoms with van der Waals surface area (Å²) in [6.45, 7) is 3.65. The molecule has 0 bridgehead atoms. The molecule has 0 aromatic carbocycles. The van der Waals surface area contributed by atoms with Crippen molar-refractivity contribution in [2.24, 2.45) is 5.92 Å². The van der Waals surface area contributed by atoms with Gasteiger partial charge in [0.2, 0.25) is 5.91 Å². The van der Waals surface area contributed by atoms with E-state index in [2.05, 4.69) is 10.3 Å². The Morgan fingerprint density at radius 2 is 2.10 bits per heavy atom. The Kier molecular flexibility index (Phi) is 5.73. The zero-order valence-corrected chi connectivity index (χ0v) is 13.4. The molecule has 1 aliphatic carbocycles. The topological polar surface area (TPSA) is 68.3 Å². The highest BCUT2D eigenvalue weighted by molar-refractivity contribution is 7.13. The molecule has 0 radical (unpaired) electrons. The Hall–Kier alpha value is -1.43. The lowest BCUT2D eigenvalue weighted by molar-refractivity contribution is -0.149. The summed E-state index contributed by atoms with van der Waals surface area (Å²) in [5.74, 6) is -0.386. The molecule has 1 aromatic rings. The lowest BCUT2D eigenvalue weighted by Gasteiger charge is -2.21. The maximum Gasteiger partial charge on any atom is 0.312 e. The number of nitrogens with zero attached hydrogens (tertiary/aromatic N) is 1. The fourth-order valence-corrected chi connectivity index (χ4v) is 2.97. The number of aromatic nitrogens is 1. The molecule has 1 aromatic heterocycles. The molecule has 5 nitrogen and oxygen atoms in total. The predicted molar refractivity (Wildman–Crippen MR) is 82.3 cm³/mol. The molecular formula is C15H22N2O3S. The minimum absolute atomic E-state index is 0.0688. The summed E-state index contributed by atoms with van der Waals surface area (Å²) in [6, 6.07) is 0. The molecule has 0 spiro atoms. The quantitative estimate of drug-likeness (QED) is 0.848. The van der Waals surface area contributed by atoms with Gasteiger partial charge in [0.15, 0.2) is 5.13 Å². The Labute approximate surface area is 129 Å². The lowest BCUT2D eigenvalue weighted by Crippen LogP contribution is -2.22. The Morgan fingerprint density at radius 3 is 2.76 bits per heavy atom. The van der Waals surface area contributed by atoms with Gasteiger partial charge in [-0.05, 0) is 25.7 Å². The van der Waals surface area contributed by atoms with Gasteiger partial charge in [0.1, 0.15) is 6.10 Å². The SMILES string of the molecule is CC(C)C(=O)Nc1nc(CC(=O)OC2CCCCC2)cs1. The number of anilines is 1. The predicted octanol–water partition coefficient (Wildman–Crippen LogP) is 3.16. The van der Waals surface area contributed by atoms with Crippen LogP contribution in [-0.4, -0.2) is 23.0 Å². The van der Waals surface area contributed by atoms with Gasteiger partial charge < -0.3 is 10.1 Å². The summed E-state index contributed by atoms with van der Waals surface area (Å²) < 4.78 is 5.46. The van der Waals surface area contributed by atoms with Crippen molar-refractivity contribution in [3.8, 4) is 0 Å². The maximum atomic E-state index is 11.9. The van der Waals surface area contributed by atoms with Crippen LogP contribution in [0.2, 0.25) is 0 Å². The first-order valence-corrected chi connectivity index (χ1v) is 8.37. The summed E-state index contributed by atoms with van der Waals surface area (Å²) in [6.07, 6.45) is 5.70. The largest absolute Gasteiger partial charge is 0.462 e. The highest BCUT2D eigenvalue weighted by atomic mass is 32.1. The fraction of sp³-hybridized carbons (Fsp3) is 0.667. The third-order valence-corrected chi connectivity index (χ3v) is 4.29. The van der Waals surface area contributed by atoms with E-state index < -0.39 is 0 Å². The minimum atomic E-state index is -0.228. The van der Waals surface area contributed by atoms with E-state index in [1.54, 1.807) is 5.38 Å². The van der Waals surface area contributed by atoms with Crippen LogP contribution < -0.4 is 5.32 Å².